The fourth-order valence-electron chi connectivity index (χ4n) is 4.16. The van der Waals surface area contributed by atoms with Crippen molar-refractivity contribution < 1.29 is 34.7 Å². The number of unbranched alkanes of at least 4 members (excludes halogenated alkanes) is 2. The van der Waals surface area contributed by atoms with Crippen LogP contribution in [-0.2, 0) is 16.4 Å². The Morgan fingerprint density at radius 3 is 2.51 bits per heavy atom. The molecule has 8 heteroatoms. The van der Waals surface area contributed by atoms with Gasteiger partial charge in [0.05, 0.1) is 18.4 Å². The van der Waals surface area contributed by atoms with Crippen LogP contribution in [-0.4, -0.2) is 51.5 Å². The number of anilines is 1. The van der Waals surface area contributed by atoms with Crippen LogP contribution in [0.4, 0.5) is 5.69 Å². The second-order valence-electron chi connectivity index (χ2n) is 9.35. The highest BCUT2D eigenvalue weighted by Crippen LogP contribution is 2.32. The normalized spacial score (nSPS) is 16.7. The SMILES string of the molecule is [2H]C([2H])([2H])C([2H])([2H])C([2H])([2H])C([2H])([2H])N(CCCC)CCCOc1ccc(C(=O)c2c(CCCC)oc3ccc(NS(C)(=O)=O)cc23)cc1. The van der Waals surface area contributed by atoms with Crippen molar-refractivity contribution in [1.29, 1.82) is 0 Å². The Balaban J connectivity index is 1.75. The van der Waals surface area contributed by atoms with E-state index < -0.39 is 36.1 Å². The molecule has 0 aliphatic rings. The van der Waals surface area contributed by atoms with Crippen molar-refractivity contribution in [2.45, 2.75) is 72.0 Å². The third-order valence-electron chi connectivity index (χ3n) is 6.06. The lowest BCUT2D eigenvalue weighted by Gasteiger charge is -2.21. The van der Waals surface area contributed by atoms with E-state index in [0.717, 1.165) is 24.0 Å². The van der Waals surface area contributed by atoms with Gasteiger partial charge in [0.15, 0.2) is 5.78 Å². The third kappa shape index (κ3) is 9.39. The molecule has 0 aliphatic heterocycles. The van der Waals surface area contributed by atoms with Gasteiger partial charge in [-0.3, -0.25) is 9.52 Å². The van der Waals surface area contributed by atoms with Gasteiger partial charge in [0, 0.05) is 41.9 Å². The summed E-state index contributed by atoms with van der Waals surface area (Å²) in [4.78, 5) is 14.9. The summed E-state index contributed by atoms with van der Waals surface area (Å²) in [6.07, 6.45) is -2.19. The second-order valence-corrected chi connectivity index (χ2v) is 11.1. The number of carbonyl (C=O) groups excluding carboxylic acids is 1. The first-order chi connectivity index (χ1) is 22.2. The first kappa shape index (κ1) is 20.1. The number of sulfonamides is 1. The molecule has 3 aromatic rings. The van der Waals surface area contributed by atoms with Crippen LogP contribution in [0.5, 0.6) is 5.75 Å². The lowest BCUT2D eigenvalue weighted by molar-refractivity contribution is 0.103. The molecular formula is C31H44N2O5S. The molecule has 0 atom stereocenters. The van der Waals surface area contributed by atoms with E-state index in [1.54, 1.807) is 42.5 Å². The van der Waals surface area contributed by atoms with Gasteiger partial charge in [-0.05, 0) is 81.1 Å². The van der Waals surface area contributed by atoms with Gasteiger partial charge in [-0.2, -0.15) is 0 Å². The molecule has 1 heterocycles. The summed E-state index contributed by atoms with van der Waals surface area (Å²) in [6, 6.07) is 11.2. The molecule has 0 saturated carbocycles. The number of benzene rings is 2. The molecule has 0 unspecified atom stereocenters. The number of ether oxygens (including phenoxy) is 1. The van der Waals surface area contributed by atoms with E-state index in [1.807, 2.05) is 13.8 Å². The van der Waals surface area contributed by atoms with E-state index in [9.17, 15) is 13.2 Å². The number of aryl methyl sites for hydroxylation is 1. The predicted molar refractivity (Wildman–Crippen MR) is 160 cm³/mol. The van der Waals surface area contributed by atoms with E-state index in [4.69, 9.17) is 21.5 Å². The minimum atomic E-state index is -3.54. The minimum Gasteiger partial charge on any atom is -0.494 e. The van der Waals surface area contributed by atoms with Gasteiger partial charge in [-0.1, -0.05) is 39.9 Å². The summed E-state index contributed by atoms with van der Waals surface area (Å²) in [5.41, 5.74) is 1.48. The van der Waals surface area contributed by atoms with Crippen molar-refractivity contribution in [3.05, 3.63) is 59.4 Å². The van der Waals surface area contributed by atoms with Crippen LogP contribution in [0.2, 0.25) is 0 Å². The number of carbonyl (C=O) groups is 1. The van der Waals surface area contributed by atoms with Gasteiger partial charge in [0.1, 0.15) is 17.1 Å². The number of nitrogens with zero attached hydrogens (tertiary/aromatic N) is 1. The van der Waals surface area contributed by atoms with Crippen LogP contribution < -0.4 is 9.46 Å². The van der Waals surface area contributed by atoms with Crippen molar-refractivity contribution in [1.82, 2.24) is 4.90 Å². The Morgan fingerprint density at radius 2 is 1.82 bits per heavy atom. The summed E-state index contributed by atoms with van der Waals surface area (Å²) in [7, 11) is -3.54. The Hall–Kier alpha value is -2.84. The zero-order valence-electron chi connectivity index (χ0n) is 31.8. The average Bonchev–Trinajstić information content (AvgIpc) is 3.35. The number of hydrogen-bond acceptors (Lipinski definition) is 6. The molecule has 214 valence electrons. The van der Waals surface area contributed by atoms with Crippen LogP contribution in [0.15, 0.2) is 46.9 Å². The lowest BCUT2D eigenvalue weighted by atomic mass is 9.98. The van der Waals surface area contributed by atoms with Crippen LogP contribution in [0, 0.1) is 0 Å². The van der Waals surface area contributed by atoms with Gasteiger partial charge in [-0.15, -0.1) is 0 Å². The highest BCUT2D eigenvalue weighted by Gasteiger charge is 2.22. The topological polar surface area (TPSA) is 88.8 Å². The Bertz CT molecular complexity index is 1660. The van der Waals surface area contributed by atoms with E-state index >= 15 is 0 Å². The van der Waals surface area contributed by atoms with E-state index in [-0.39, 0.29) is 31.9 Å². The molecule has 3 rings (SSSR count). The highest BCUT2D eigenvalue weighted by atomic mass is 32.2. The quantitative estimate of drug-likeness (QED) is 0.131. The average molecular weight is 566 g/mol. The first-order valence-corrected chi connectivity index (χ1v) is 15.1. The number of hydrogen-bond donors (Lipinski definition) is 1. The van der Waals surface area contributed by atoms with Gasteiger partial charge in [0.2, 0.25) is 10.0 Å². The Labute approximate surface area is 246 Å². The summed E-state index contributed by atoms with van der Waals surface area (Å²) >= 11 is 0. The summed E-state index contributed by atoms with van der Waals surface area (Å²) < 4.78 is 110. The molecule has 0 amide bonds. The van der Waals surface area contributed by atoms with E-state index in [2.05, 4.69) is 4.72 Å². The zero-order valence-corrected chi connectivity index (χ0v) is 23.6. The van der Waals surface area contributed by atoms with E-state index in [0.29, 0.717) is 58.6 Å². The molecule has 1 N–H and O–H groups in total. The number of nitrogens with one attached hydrogen (secondary N) is 1. The second kappa shape index (κ2) is 15.1. The van der Waals surface area contributed by atoms with Gasteiger partial charge in [-0.25, -0.2) is 8.42 Å². The van der Waals surface area contributed by atoms with Crippen molar-refractivity contribution in [3.8, 4) is 5.75 Å². The van der Waals surface area contributed by atoms with Gasteiger partial charge >= 0.3 is 0 Å². The van der Waals surface area contributed by atoms with Gasteiger partial charge in [0.25, 0.3) is 0 Å². The maximum atomic E-state index is 13.8. The molecule has 0 aliphatic carbocycles. The van der Waals surface area contributed by atoms with Crippen molar-refractivity contribution in [3.63, 3.8) is 0 Å². The number of rotatable bonds is 18. The molecule has 0 fully saturated rings. The highest BCUT2D eigenvalue weighted by molar-refractivity contribution is 7.92. The minimum absolute atomic E-state index is 0.0234. The molecule has 2 aromatic carbocycles. The first-order valence-electron chi connectivity index (χ1n) is 17.7. The smallest absolute Gasteiger partial charge is 0.229 e. The number of ketones is 1. The lowest BCUT2D eigenvalue weighted by Crippen LogP contribution is -2.28. The summed E-state index contributed by atoms with van der Waals surface area (Å²) in [5.74, 6) is 0.631. The standard InChI is InChI=1S/C31H44N2O5S/c1-5-8-12-29-30(27-23-25(32-39(4,35)36)15-18-28(27)38-29)31(34)24-13-16-26(17-14-24)37-22-11-21-33(19-9-6-2)20-10-7-3/h13-18,23,32H,5-12,19-22H2,1-4H3/i2D3,6D2,9D2,19D2. The third-order valence-corrected chi connectivity index (χ3v) is 6.67. The van der Waals surface area contributed by atoms with E-state index in [1.165, 1.54) is 0 Å². The number of fused-ring (bicyclic) bond motifs is 1. The molecule has 0 bridgehead atoms. The molecule has 0 spiro atoms. The van der Waals surface area contributed by atoms with Crippen molar-refractivity contribution in [2.24, 2.45) is 0 Å². The fourth-order valence-corrected chi connectivity index (χ4v) is 4.72. The van der Waals surface area contributed by atoms with Crippen LogP contribution >= 0.6 is 0 Å². The van der Waals surface area contributed by atoms with Crippen LogP contribution in [0.25, 0.3) is 11.0 Å². The zero-order chi connectivity index (χ0) is 36.1. The molecule has 1 aromatic heterocycles. The number of furan rings is 1. The maximum absolute atomic E-state index is 13.8. The van der Waals surface area contributed by atoms with Crippen molar-refractivity contribution >= 4 is 32.5 Å². The molecule has 0 radical (unpaired) electrons. The summed E-state index contributed by atoms with van der Waals surface area (Å²) in [6.45, 7) is -2.26. The largest absolute Gasteiger partial charge is 0.494 e. The monoisotopic (exact) mass is 565 g/mol. The molecular weight excluding hydrogens is 512 g/mol. The molecule has 0 saturated heterocycles. The fraction of sp³-hybridized carbons (Fsp3) is 0.516. The maximum Gasteiger partial charge on any atom is 0.229 e. The Morgan fingerprint density at radius 1 is 1.08 bits per heavy atom. The Kier molecular flexibility index (Phi) is 7.77. The van der Waals surface area contributed by atoms with Gasteiger partial charge < -0.3 is 14.1 Å². The predicted octanol–water partition coefficient (Wildman–Crippen LogP) is 7.05. The summed E-state index contributed by atoms with van der Waals surface area (Å²) in [5, 5.41) is 0.490. The van der Waals surface area contributed by atoms with Crippen molar-refractivity contribution in [2.75, 3.05) is 37.2 Å². The molecule has 39 heavy (non-hydrogen) atoms. The molecule has 7 nitrogen and oxygen atoms in total. The van der Waals surface area contributed by atoms with Crippen LogP contribution in [0.1, 0.15) is 99.6 Å². The van der Waals surface area contributed by atoms with Crippen LogP contribution in [0.3, 0.4) is 0 Å².